The molecule has 0 amide bonds. The topological polar surface area (TPSA) is 90.5 Å². The van der Waals surface area contributed by atoms with Crippen molar-refractivity contribution in [3.05, 3.63) is 38.6 Å². The Labute approximate surface area is 154 Å². The summed E-state index contributed by atoms with van der Waals surface area (Å²) in [7, 11) is 0. The molecule has 2 atom stereocenters. The van der Waals surface area contributed by atoms with Gasteiger partial charge in [0.15, 0.2) is 11.9 Å². The van der Waals surface area contributed by atoms with Crippen molar-refractivity contribution in [3.8, 4) is 0 Å². The Kier molecular flexibility index (Phi) is 4.44. The Balaban J connectivity index is 1.61. The van der Waals surface area contributed by atoms with Crippen molar-refractivity contribution >= 4 is 27.5 Å². The van der Waals surface area contributed by atoms with Crippen LogP contribution in [0.1, 0.15) is 42.6 Å². The standard InChI is InChI=1S/C18H20N2O5S/c1-9-3-4-11-13(7-9)26-17-14(11)16(21)19-15(20-17)10(2)25-18(22)12-8-23-5-6-24-12/h8-10H,3-7H2,1-2H3,(H,19,20,21)/t9-,10-/m1/s1. The molecule has 0 fully saturated rings. The Morgan fingerprint density at radius 2 is 2.31 bits per heavy atom. The van der Waals surface area contributed by atoms with Crippen molar-refractivity contribution in [2.75, 3.05) is 13.2 Å². The second-order valence-corrected chi connectivity index (χ2v) is 7.82. The number of carbonyl (C=O) groups is 1. The number of nitrogens with zero attached hydrogens (tertiary/aromatic N) is 1. The highest BCUT2D eigenvalue weighted by Crippen LogP contribution is 2.36. The summed E-state index contributed by atoms with van der Waals surface area (Å²) in [5.41, 5.74) is 0.961. The molecule has 2 aliphatic rings. The van der Waals surface area contributed by atoms with Gasteiger partial charge in [-0.2, -0.15) is 0 Å². The van der Waals surface area contributed by atoms with Gasteiger partial charge in [-0.25, -0.2) is 9.78 Å². The summed E-state index contributed by atoms with van der Waals surface area (Å²) in [4.78, 5) is 34.0. The first-order valence-electron chi connectivity index (χ1n) is 8.73. The van der Waals surface area contributed by atoms with Crippen molar-refractivity contribution < 1.29 is 19.0 Å². The van der Waals surface area contributed by atoms with E-state index in [0.717, 1.165) is 24.8 Å². The van der Waals surface area contributed by atoms with Crippen molar-refractivity contribution in [2.24, 2.45) is 5.92 Å². The number of aryl methyl sites for hydroxylation is 1. The SMILES string of the molecule is C[C@@H]1CCc2c(sc3nc([C@@H](C)OC(=O)C4=COCCO4)[nH]c(=O)c23)C1. The summed E-state index contributed by atoms with van der Waals surface area (Å²) >= 11 is 1.57. The molecule has 0 bridgehead atoms. The lowest BCUT2D eigenvalue weighted by molar-refractivity contribution is -0.149. The minimum atomic E-state index is -0.705. The minimum Gasteiger partial charge on any atom is -0.493 e. The number of esters is 1. The Morgan fingerprint density at radius 3 is 3.08 bits per heavy atom. The van der Waals surface area contributed by atoms with Crippen molar-refractivity contribution in [1.82, 2.24) is 9.97 Å². The molecule has 0 saturated carbocycles. The molecule has 2 aromatic heterocycles. The first-order chi connectivity index (χ1) is 12.5. The molecular weight excluding hydrogens is 356 g/mol. The van der Waals surface area contributed by atoms with Crippen LogP contribution < -0.4 is 5.56 Å². The number of nitrogens with one attached hydrogen (secondary N) is 1. The van der Waals surface area contributed by atoms with Crippen molar-refractivity contribution in [1.29, 1.82) is 0 Å². The van der Waals surface area contributed by atoms with Crippen LogP contribution in [0.25, 0.3) is 10.2 Å². The number of thiophene rings is 1. The average Bonchev–Trinajstić information content (AvgIpc) is 3.00. The summed E-state index contributed by atoms with van der Waals surface area (Å²) in [5, 5.41) is 0.686. The van der Waals surface area contributed by atoms with Crippen LogP contribution in [-0.2, 0) is 31.8 Å². The Hall–Kier alpha value is -2.35. The molecule has 3 heterocycles. The monoisotopic (exact) mass is 376 g/mol. The lowest BCUT2D eigenvalue weighted by Crippen LogP contribution is -2.21. The molecule has 8 heteroatoms. The van der Waals surface area contributed by atoms with E-state index in [0.29, 0.717) is 35.2 Å². The van der Waals surface area contributed by atoms with E-state index >= 15 is 0 Å². The number of hydrogen-bond acceptors (Lipinski definition) is 7. The van der Waals surface area contributed by atoms with Gasteiger partial charge in [-0.3, -0.25) is 4.79 Å². The number of aromatic nitrogens is 2. The molecule has 7 nitrogen and oxygen atoms in total. The fourth-order valence-corrected chi connectivity index (χ4v) is 4.70. The van der Waals surface area contributed by atoms with Gasteiger partial charge in [-0.05, 0) is 37.7 Å². The van der Waals surface area contributed by atoms with Crippen LogP contribution in [0.2, 0.25) is 0 Å². The number of fused-ring (bicyclic) bond motifs is 3. The zero-order valence-corrected chi connectivity index (χ0v) is 15.5. The van der Waals surface area contributed by atoms with Crippen molar-refractivity contribution in [3.63, 3.8) is 0 Å². The highest BCUT2D eigenvalue weighted by molar-refractivity contribution is 7.18. The van der Waals surface area contributed by atoms with Crippen LogP contribution in [0.3, 0.4) is 0 Å². The molecule has 138 valence electrons. The average molecular weight is 376 g/mol. The van der Waals surface area contributed by atoms with Gasteiger partial charge in [0, 0.05) is 4.88 Å². The first-order valence-corrected chi connectivity index (χ1v) is 9.54. The molecular formula is C18H20N2O5S. The largest absolute Gasteiger partial charge is 0.493 e. The highest BCUT2D eigenvalue weighted by atomic mass is 32.1. The zero-order chi connectivity index (χ0) is 18.3. The predicted octanol–water partition coefficient (Wildman–Crippen LogP) is 2.60. The van der Waals surface area contributed by atoms with Gasteiger partial charge in [0.25, 0.3) is 5.56 Å². The normalized spacial score (nSPS) is 20.5. The molecule has 26 heavy (non-hydrogen) atoms. The lowest BCUT2D eigenvalue weighted by Gasteiger charge is -2.17. The molecule has 4 rings (SSSR count). The van der Waals surface area contributed by atoms with E-state index in [1.165, 1.54) is 11.1 Å². The van der Waals surface area contributed by atoms with E-state index in [1.54, 1.807) is 18.3 Å². The first kappa shape index (κ1) is 17.1. The van der Waals surface area contributed by atoms with Crippen LogP contribution in [0, 0.1) is 5.92 Å². The van der Waals surface area contributed by atoms with E-state index in [9.17, 15) is 9.59 Å². The van der Waals surface area contributed by atoms with E-state index < -0.39 is 12.1 Å². The molecule has 1 N–H and O–H groups in total. The smallest absolute Gasteiger partial charge is 0.377 e. The summed E-state index contributed by atoms with van der Waals surface area (Å²) in [6, 6.07) is 0. The highest BCUT2D eigenvalue weighted by Gasteiger charge is 2.25. The molecule has 1 aliphatic carbocycles. The third-order valence-corrected chi connectivity index (χ3v) is 5.85. The van der Waals surface area contributed by atoms with E-state index in [2.05, 4.69) is 16.9 Å². The molecule has 1 aliphatic heterocycles. The number of carbonyl (C=O) groups excluding carboxylic acids is 1. The lowest BCUT2D eigenvalue weighted by atomic mass is 9.89. The van der Waals surface area contributed by atoms with Crippen molar-refractivity contribution in [2.45, 2.75) is 39.2 Å². The quantitative estimate of drug-likeness (QED) is 0.828. The summed E-state index contributed by atoms with van der Waals surface area (Å²) in [6.45, 7) is 4.60. The third-order valence-electron chi connectivity index (χ3n) is 4.70. The number of hydrogen-bond donors (Lipinski definition) is 1. The predicted molar refractivity (Wildman–Crippen MR) is 95.9 cm³/mol. The number of rotatable bonds is 3. The number of ether oxygens (including phenoxy) is 3. The van der Waals surface area contributed by atoms with Gasteiger partial charge in [0.2, 0.25) is 5.76 Å². The van der Waals surface area contributed by atoms with E-state index in [4.69, 9.17) is 14.2 Å². The Bertz CT molecular complexity index is 945. The maximum Gasteiger partial charge on any atom is 0.377 e. The van der Waals surface area contributed by atoms with Crippen LogP contribution in [0.15, 0.2) is 16.8 Å². The Morgan fingerprint density at radius 1 is 1.46 bits per heavy atom. The molecule has 0 radical (unpaired) electrons. The molecule has 0 saturated heterocycles. The maximum atomic E-state index is 12.6. The van der Waals surface area contributed by atoms with Crippen LogP contribution in [0.4, 0.5) is 0 Å². The van der Waals surface area contributed by atoms with Crippen LogP contribution in [-0.4, -0.2) is 29.2 Å². The van der Waals surface area contributed by atoms with Gasteiger partial charge >= 0.3 is 5.97 Å². The van der Waals surface area contributed by atoms with E-state index in [1.807, 2.05) is 0 Å². The summed E-state index contributed by atoms with van der Waals surface area (Å²) in [5.74, 6) is 0.339. The van der Waals surface area contributed by atoms with Gasteiger partial charge in [-0.15, -0.1) is 11.3 Å². The third kappa shape index (κ3) is 3.09. The second kappa shape index (κ2) is 6.75. The molecule has 0 unspecified atom stereocenters. The maximum absolute atomic E-state index is 12.6. The number of H-pyrrole nitrogens is 1. The summed E-state index contributed by atoms with van der Waals surface area (Å²) in [6.07, 6.45) is 3.53. The van der Waals surface area contributed by atoms with Crippen LogP contribution >= 0.6 is 11.3 Å². The fourth-order valence-electron chi connectivity index (χ4n) is 3.31. The summed E-state index contributed by atoms with van der Waals surface area (Å²) < 4.78 is 15.6. The minimum absolute atomic E-state index is 0.0205. The van der Waals surface area contributed by atoms with Gasteiger partial charge in [-0.1, -0.05) is 6.92 Å². The molecule has 0 aromatic carbocycles. The van der Waals surface area contributed by atoms with Gasteiger partial charge < -0.3 is 19.2 Å². The van der Waals surface area contributed by atoms with Gasteiger partial charge in [0.1, 0.15) is 24.3 Å². The fraction of sp³-hybridized carbons (Fsp3) is 0.500. The zero-order valence-electron chi connectivity index (χ0n) is 14.7. The van der Waals surface area contributed by atoms with E-state index in [-0.39, 0.29) is 11.3 Å². The van der Waals surface area contributed by atoms with Gasteiger partial charge in [0.05, 0.1) is 5.39 Å². The van der Waals surface area contributed by atoms with Crippen LogP contribution in [0.5, 0.6) is 0 Å². The molecule has 2 aromatic rings. The second-order valence-electron chi connectivity index (χ2n) is 6.73. The molecule has 0 spiro atoms. The number of aromatic amines is 1.